The number of pyridine rings is 1. The first kappa shape index (κ1) is 14.4. The highest BCUT2D eigenvalue weighted by Gasteiger charge is 2.38. The summed E-state index contributed by atoms with van der Waals surface area (Å²) in [5, 5.41) is 9.05. The highest BCUT2D eigenvalue weighted by molar-refractivity contribution is 5.65. The first-order valence-corrected chi connectivity index (χ1v) is 8.04. The van der Waals surface area contributed by atoms with E-state index < -0.39 is 6.09 Å². The Bertz CT molecular complexity index is 471. The van der Waals surface area contributed by atoms with Crippen LogP contribution < -0.4 is 0 Å². The van der Waals surface area contributed by atoms with Crippen LogP contribution in [0, 0.1) is 11.3 Å². The van der Waals surface area contributed by atoms with Crippen LogP contribution in [-0.4, -0.2) is 34.2 Å². The van der Waals surface area contributed by atoms with Gasteiger partial charge in [-0.1, -0.05) is 0 Å². The van der Waals surface area contributed by atoms with Crippen molar-refractivity contribution >= 4 is 6.09 Å². The minimum Gasteiger partial charge on any atom is -0.465 e. The first-order valence-electron chi connectivity index (χ1n) is 8.04. The molecule has 2 fully saturated rings. The maximum absolute atomic E-state index is 11.0. The SMILES string of the molecule is O=C(O)N1CCC2(CCC(Cc3ccncc3)CC2)CC1. The first-order chi connectivity index (χ1) is 10.2. The fraction of sp³-hybridized carbons (Fsp3) is 0.647. The Balaban J connectivity index is 1.50. The number of amides is 1. The second-order valence-electron chi connectivity index (χ2n) is 6.77. The van der Waals surface area contributed by atoms with Gasteiger partial charge in [0.25, 0.3) is 0 Å². The van der Waals surface area contributed by atoms with E-state index in [-0.39, 0.29) is 0 Å². The van der Waals surface area contributed by atoms with Gasteiger partial charge in [0.15, 0.2) is 0 Å². The normalized spacial score (nSPS) is 22.4. The van der Waals surface area contributed by atoms with Crippen molar-refractivity contribution in [3.8, 4) is 0 Å². The van der Waals surface area contributed by atoms with Gasteiger partial charge in [-0.15, -0.1) is 0 Å². The van der Waals surface area contributed by atoms with Crippen LogP contribution in [0.15, 0.2) is 24.5 Å². The van der Waals surface area contributed by atoms with Crippen molar-refractivity contribution in [2.75, 3.05) is 13.1 Å². The Kier molecular flexibility index (Phi) is 4.13. The van der Waals surface area contributed by atoms with Crippen molar-refractivity contribution in [2.24, 2.45) is 11.3 Å². The minimum absolute atomic E-state index is 0.431. The number of hydrogen-bond donors (Lipinski definition) is 1. The molecule has 1 spiro atoms. The van der Waals surface area contributed by atoms with Crippen LogP contribution in [0.5, 0.6) is 0 Å². The van der Waals surface area contributed by atoms with Crippen LogP contribution >= 0.6 is 0 Å². The van der Waals surface area contributed by atoms with Gasteiger partial charge in [0.05, 0.1) is 0 Å². The summed E-state index contributed by atoms with van der Waals surface area (Å²) in [6.45, 7) is 1.45. The Morgan fingerprint density at radius 1 is 1.19 bits per heavy atom. The largest absolute Gasteiger partial charge is 0.465 e. The molecular weight excluding hydrogens is 264 g/mol. The van der Waals surface area contributed by atoms with Crippen molar-refractivity contribution in [1.82, 2.24) is 9.88 Å². The van der Waals surface area contributed by atoms with Crippen LogP contribution in [0.4, 0.5) is 4.79 Å². The molecule has 3 rings (SSSR count). The lowest BCUT2D eigenvalue weighted by molar-refractivity contribution is 0.0517. The van der Waals surface area contributed by atoms with E-state index in [0.717, 1.165) is 31.8 Å². The van der Waals surface area contributed by atoms with Crippen LogP contribution in [0.25, 0.3) is 0 Å². The summed E-state index contributed by atoms with van der Waals surface area (Å²) in [6, 6.07) is 4.24. The number of carboxylic acid groups (broad SMARTS) is 1. The molecule has 4 heteroatoms. The molecule has 1 amide bonds. The van der Waals surface area contributed by atoms with Gasteiger partial charge in [0.2, 0.25) is 0 Å². The molecular formula is C17H24N2O2. The Morgan fingerprint density at radius 3 is 2.38 bits per heavy atom. The number of rotatable bonds is 2. The molecule has 21 heavy (non-hydrogen) atoms. The smallest absolute Gasteiger partial charge is 0.407 e. The van der Waals surface area contributed by atoms with Gasteiger partial charge < -0.3 is 10.0 Å². The third kappa shape index (κ3) is 3.36. The summed E-state index contributed by atoms with van der Waals surface area (Å²) < 4.78 is 0. The Morgan fingerprint density at radius 2 is 1.81 bits per heavy atom. The molecule has 1 aliphatic heterocycles. The van der Waals surface area contributed by atoms with E-state index in [4.69, 9.17) is 5.11 Å². The zero-order chi connectivity index (χ0) is 14.7. The lowest BCUT2D eigenvalue weighted by atomic mass is 9.65. The van der Waals surface area contributed by atoms with Crippen LogP contribution in [0.3, 0.4) is 0 Å². The Labute approximate surface area is 126 Å². The maximum Gasteiger partial charge on any atom is 0.407 e. The van der Waals surface area contributed by atoms with Gasteiger partial charge in [-0.3, -0.25) is 4.98 Å². The fourth-order valence-corrected chi connectivity index (χ4v) is 4.02. The third-order valence-corrected chi connectivity index (χ3v) is 5.53. The molecule has 1 aromatic heterocycles. The molecule has 0 radical (unpaired) electrons. The van der Waals surface area contributed by atoms with Crippen molar-refractivity contribution in [3.05, 3.63) is 30.1 Å². The van der Waals surface area contributed by atoms with Crippen molar-refractivity contribution in [1.29, 1.82) is 0 Å². The summed E-state index contributed by atoms with van der Waals surface area (Å²) in [5.41, 5.74) is 1.83. The summed E-state index contributed by atoms with van der Waals surface area (Å²) >= 11 is 0. The molecule has 1 N–H and O–H groups in total. The van der Waals surface area contributed by atoms with Gasteiger partial charge in [0.1, 0.15) is 0 Å². The fourth-order valence-electron chi connectivity index (χ4n) is 4.02. The summed E-state index contributed by atoms with van der Waals surface area (Å²) in [4.78, 5) is 16.7. The van der Waals surface area contributed by atoms with Crippen molar-refractivity contribution in [2.45, 2.75) is 44.9 Å². The number of aromatic nitrogens is 1. The van der Waals surface area contributed by atoms with Crippen LogP contribution in [-0.2, 0) is 6.42 Å². The molecule has 4 nitrogen and oxygen atoms in total. The molecule has 1 aliphatic carbocycles. The van der Waals surface area contributed by atoms with Gasteiger partial charge in [0, 0.05) is 25.5 Å². The van der Waals surface area contributed by atoms with E-state index in [2.05, 4.69) is 17.1 Å². The van der Waals surface area contributed by atoms with Gasteiger partial charge in [-0.05, 0) is 74.0 Å². The predicted molar refractivity (Wildman–Crippen MR) is 81.2 cm³/mol. The number of piperidine rings is 1. The molecule has 2 heterocycles. The highest BCUT2D eigenvalue weighted by Crippen LogP contribution is 2.46. The third-order valence-electron chi connectivity index (χ3n) is 5.53. The predicted octanol–water partition coefficient (Wildman–Crippen LogP) is 3.57. The van der Waals surface area contributed by atoms with E-state index in [0.29, 0.717) is 5.41 Å². The molecule has 0 bridgehead atoms. The van der Waals surface area contributed by atoms with E-state index in [1.165, 1.54) is 37.7 Å². The molecule has 1 aromatic rings. The second kappa shape index (κ2) is 6.04. The number of carbonyl (C=O) groups is 1. The molecule has 1 saturated carbocycles. The van der Waals surface area contributed by atoms with E-state index in [1.807, 2.05) is 12.4 Å². The topological polar surface area (TPSA) is 53.4 Å². The number of hydrogen-bond acceptors (Lipinski definition) is 2. The monoisotopic (exact) mass is 288 g/mol. The molecule has 1 saturated heterocycles. The zero-order valence-corrected chi connectivity index (χ0v) is 12.5. The summed E-state index contributed by atoms with van der Waals surface area (Å²) in [6.07, 6.45) is 11.4. The molecule has 0 atom stereocenters. The quantitative estimate of drug-likeness (QED) is 0.905. The lowest BCUT2D eigenvalue weighted by Gasteiger charge is -2.45. The van der Waals surface area contributed by atoms with Crippen LogP contribution in [0.2, 0.25) is 0 Å². The molecule has 0 aromatic carbocycles. The number of nitrogens with zero attached hydrogens (tertiary/aromatic N) is 2. The van der Waals surface area contributed by atoms with E-state index in [9.17, 15) is 4.79 Å². The minimum atomic E-state index is -0.753. The Hall–Kier alpha value is -1.58. The van der Waals surface area contributed by atoms with Gasteiger partial charge in [-0.25, -0.2) is 4.79 Å². The van der Waals surface area contributed by atoms with Crippen LogP contribution in [0.1, 0.15) is 44.1 Å². The summed E-state index contributed by atoms with van der Waals surface area (Å²) in [5.74, 6) is 0.788. The second-order valence-corrected chi connectivity index (χ2v) is 6.77. The average molecular weight is 288 g/mol. The van der Waals surface area contributed by atoms with E-state index in [1.54, 1.807) is 4.90 Å². The zero-order valence-electron chi connectivity index (χ0n) is 12.5. The standard InChI is InChI=1S/C17H24N2O2/c20-16(21)19-11-7-17(8-12-19)5-1-14(2-6-17)13-15-3-9-18-10-4-15/h3-4,9-10,14H,1-2,5-8,11-13H2,(H,20,21). The molecule has 2 aliphatic rings. The average Bonchev–Trinajstić information content (AvgIpc) is 2.51. The van der Waals surface area contributed by atoms with Gasteiger partial charge >= 0.3 is 6.09 Å². The lowest BCUT2D eigenvalue weighted by Crippen LogP contribution is -2.44. The molecule has 114 valence electrons. The molecule has 0 unspecified atom stereocenters. The highest BCUT2D eigenvalue weighted by atomic mass is 16.4. The van der Waals surface area contributed by atoms with Crippen molar-refractivity contribution in [3.63, 3.8) is 0 Å². The number of likely N-dealkylation sites (tertiary alicyclic amines) is 1. The van der Waals surface area contributed by atoms with E-state index >= 15 is 0 Å². The van der Waals surface area contributed by atoms with Gasteiger partial charge in [-0.2, -0.15) is 0 Å². The maximum atomic E-state index is 11.0. The van der Waals surface area contributed by atoms with Crippen molar-refractivity contribution < 1.29 is 9.90 Å². The summed E-state index contributed by atoms with van der Waals surface area (Å²) in [7, 11) is 0.